The van der Waals surface area contributed by atoms with Crippen LogP contribution in [0.3, 0.4) is 0 Å². The summed E-state index contributed by atoms with van der Waals surface area (Å²) in [5.74, 6) is 0.212. The van der Waals surface area contributed by atoms with Gasteiger partial charge < -0.3 is 25.2 Å². The number of hydrogen-bond acceptors (Lipinski definition) is 7. The Bertz CT molecular complexity index is 463. The van der Waals surface area contributed by atoms with Crippen molar-refractivity contribution in [3.63, 3.8) is 0 Å². The van der Waals surface area contributed by atoms with E-state index in [1.165, 1.54) is 5.06 Å². The average Bonchev–Trinajstić information content (AvgIpc) is 2.58. The number of benzene rings is 1. The van der Waals surface area contributed by atoms with Crippen molar-refractivity contribution in [1.82, 2.24) is 5.06 Å². The summed E-state index contributed by atoms with van der Waals surface area (Å²) in [5.41, 5.74) is 0.914. The van der Waals surface area contributed by atoms with Gasteiger partial charge in [0.1, 0.15) is 24.4 Å². The van der Waals surface area contributed by atoms with E-state index in [1.54, 1.807) is 0 Å². The zero-order valence-electron chi connectivity index (χ0n) is 12.5. The summed E-state index contributed by atoms with van der Waals surface area (Å²) in [6.45, 7) is -0.0291. The van der Waals surface area contributed by atoms with E-state index < -0.39 is 37.3 Å². The summed E-state index contributed by atoms with van der Waals surface area (Å²) in [4.78, 5) is 5.64. The molecule has 1 aliphatic rings. The van der Waals surface area contributed by atoms with Gasteiger partial charge in [-0.2, -0.15) is 5.06 Å². The quantitative estimate of drug-likeness (QED) is 0.388. The Hall–Kier alpha value is -0.770. The van der Waals surface area contributed by atoms with Crippen LogP contribution in [0.15, 0.2) is 30.3 Å². The fraction of sp³-hybridized carbons (Fsp3) is 0.600. The molecule has 0 amide bonds. The van der Waals surface area contributed by atoms with E-state index in [4.69, 9.17) is 21.2 Å². The third kappa shape index (κ3) is 4.62. The molecule has 0 radical (unpaired) electrons. The second-order valence-corrected chi connectivity index (χ2v) is 5.69. The molecule has 0 spiro atoms. The molecule has 4 N–H and O–H groups in total. The molecule has 1 aromatic carbocycles. The number of hydroxylamine groups is 2. The zero-order valence-corrected chi connectivity index (χ0v) is 13.3. The lowest BCUT2D eigenvalue weighted by molar-refractivity contribution is -0.337. The Morgan fingerprint density at radius 2 is 1.78 bits per heavy atom. The topological polar surface area (TPSA) is 103 Å². The van der Waals surface area contributed by atoms with Crippen molar-refractivity contribution in [2.45, 2.75) is 37.3 Å². The first-order valence-electron chi connectivity index (χ1n) is 7.38. The van der Waals surface area contributed by atoms with Gasteiger partial charge in [0.25, 0.3) is 0 Å². The Labute approximate surface area is 139 Å². The predicted molar refractivity (Wildman–Crippen MR) is 82.4 cm³/mol. The molecule has 2 rings (SSSR count). The van der Waals surface area contributed by atoms with Crippen LogP contribution in [0.1, 0.15) is 5.56 Å². The normalized spacial score (nSPS) is 31.5. The van der Waals surface area contributed by atoms with Crippen molar-refractivity contribution >= 4 is 11.6 Å². The van der Waals surface area contributed by atoms with Crippen molar-refractivity contribution in [2.75, 3.05) is 19.0 Å². The van der Waals surface area contributed by atoms with Gasteiger partial charge in [0.15, 0.2) is 6.23 Å². The Morgan fingerprint density at radius 3 is 2.39 bits per heavy atom. The smallest absolute Gasteiger partial charge is 0.162 e. The van der Waals surface area contributed by atoms with Crippen molar-refractivity contribution in [3.05, 3.63) is 35.9 Å². The summed E-state index contributed by atoms with van der Waals surface area (Å²) >= 11 is 5.76. The SMILES string of the molecule is OC[C@H]1O[C@@H](N(CCCl)OCc2ccccc2)[C@@H](O)[C@@H](O)[C@@H]1O. The minimum absolute atomic E-state index is 0.212. The second-order valence-electron chi connectivity index (χ2n) is 5.31. The van der Waals surface area contributed by atoms with Crippen LogP contribution >= 0.6 is 11.6 Å². The molecule has 0 bridgehead atoms. The van der Waals surface area contributed by atoms with E-state index in [9.17, 15) is 20.4 Å². The van der Waals surface area contributed by atoms with Crippen LogP contribution < -0.4 is 0 Å². The molecule has 1 saturated heterocycles. The maximum absolute atomic E-state index is 10.1. The van der Waals surface area contributed by atoms with Gasteiger partial charge in [-0.3, -0.25) is 4.84 Å². The minimum Gasteiger partial charge on any atom is -0.394 e. The van der Waals surface area contributed by atoms with E-state index in [2.05, 4.69) is 0 Å². The van der Waals surface area contributed by atoms with E-state index in [0.717, 1.165) is 5.56 Å². The van der Waals surface area contributed by atoms with Crippen LogP contribution in [0, 0.1) is 0 Å². The third-order valence-electron chi connectivity index (χ3n) is 3.70. The molecule has 130 valence electrons. The minimum atomic E-state index is -1.45. The molecule has 7 nitrogen and oxygen atoms in total. The number of halogens is 1. The standard InChI is InChI=1S/C15H22ClNO6/c16-6-7-17(22-9-10-4-2-1-3-5-10)15-14(21)13(20)12(19)11(8-18)23-15/h1-5,11-15,18-21H,6-9H2/t11-,12-,13+,14+,15-/m1/s1. The number of hydrogen-bond donors (Lipinski definition) is 4. The van der Waals surface area contributed by atoms with Crippen LogP contribution in [0.25, 0.3) is 0 Å². The highest BCUT2D eigenvalue weighted by molar-refractivity contribution is 6.18. The van der Waals surface area contributed by atoms with Crippen molar-refractivity contribution in [2.24, 2.45) is 0 Å². The van der Waals surface area contributed by atoms with Gasteiger partial charge in [0.2, 0.25) is 0 Å². The first kappa shape index (κ1) is 18.6. The predicted octanol–water partition coefficient (Wildman–Crippen LogP) is -0.541. The van der Waals surface area contributed by atoms with E-state index in [1.807, 2.05) is 30.3 Å². The summed E-state index contributed by atoms with van der Waals surface area (Å²) in [7, 11) is 0. The Kier molecular flexibility index (Phi) is 7.19. The molecule has 1 aliphatic heterocycles. The summed E-state index contributed by atoms with van der Waals surface area (Å²) in [6.07, 6.45) is -6.29. The lowest BCUT2D eigenvalue weighted by atomic mass is 9.98. The van der Waals surface area contributed by atoms with E-state index in [0.29, 0.717) is 0 Å². The van der Waals surface area contributed by atoms with Crippen molar-refractivity contribution in [1.29, 1.82) is 0 Å². The molecule has 0 aliphatic carbocycles. The van der Waals surface area contributed by atoms with Gasteiger partial charge in [-0.15, -0.1) is 11.6 Å². The molecule has 1 heterocycles. The summed E-state index contributed by atoms with van der Waals surface area (Å²) in [5, 5.41) is 40.4. The van der Waals surface area contributed by atoms with Gasteiger partial charge in [-0.05, 0) is 5.56 Å². The maximum Gasteiger partial charge on any atom is 0.162 e. The average molecular weight is 348 g/mol. The molecule has 5 atom stereocenters. The van der Waals surface area contributed by atoms with Crippen LogP contribution in [0.2, 0.25) is 0 Å². The van der Waals surface area contributed by atoms with Gasteiger partial charge in [-0.25, -0.2) is 0 Å². The Morgan fingerprint density at radius 1 is 1.09 bits per heavy atom. The summed E-state index contributed by atoms with van der Waals surface area (Å²) in [6, 6.07) is 9.40. The number of rotatable bonds is 7. The second kappa shape index (κ2) is 8.91. The molecule has 8 heteroatoms. The third-order valence-corrected chi connectivity index (χ3v) is 3.86. The molecule has 0 unspecified atom stereocenters. The fourth-order valence-electron chi connectivity index (χ4n) is 2.40. The lowest BCUT2D eigenvalue weighted by Gasteiger charge is -2.43. The van der Waals surface area contributed by atoms with Crippen LogP contribution in [-0.4, -0.2) is 75.2 Å². The lowest BCUT2D eigenvalue weighted by Crippen LogP contribution is -2.63. The maximum atomic E-state index is 10.1. The van der Waals surface area contributed by atoms with Crippen LogP contribution in [0.4, 0.5) is 0 Å². The number of aliphatic hydroxyl groups excluding tert-OH is 4. The van der Waals surface area contributed by atoms with Crippen LogP contribution in [0.5, 0.6) is 0 Å². The fourth-order valence-corrected chi connectivity index (χ4v) is 2.57. The van der Waals surface area contributed by atoms with Gasteiger partial charge in [-0.1, -0.05) is 30.3 Å². The largest absolute Gasteiger partial charge is 0.394 e. The molecular weight excluding hydrogens is 326 g/mol. The highest BCUT2D eigenvalue weighted by Gasteiger charge is 2.46. The van der Waals surface area contributed by atoms with E-state index in [-0.39, 0.29) is 19.0 Å². The van der Waals surface area contributed by atoms with Gasteiger partial charge in [0, 0.05) is 12.4 Å². The van der Waals surface area contributed by atoms with Gasteiger partial charge >= 0.3 is 0 Å². The number of nitrogens with zero attached hydrogens (tertiary/aromatic N) is 1. The number of ether oxygens (including phenoxy) is 1. The Balaban J connectivity index is 2.06. The molecule has 1 fully saturated rings. The van der Waals surface area contributed by atoms with Crippen molar-refractivity contribution < 1.29 is 30.0 Å². The van der Waals surface area contributed by atoms with Gasteiger partial charge in [0.05, 0.1) is 13.2 Å². The van der Waals surface area contributed by atoms with E-state index >= 15 is 0 Å². The molecule has 1 aromatic rings. The zero-order chi connectivity index (χ0) is 16.8. The first-order valence-corrected chi connectivity index (χ1v) is 7.92. The highest BCUT2D eigenvalue weighted by atomic mass is 35.5. The monoisotopic (exact) mass is 347 g/mol. The number of aliphatic hydroxyl groups is 4. The highest BCUT2D eigenvalue weighted by Crippen LogP contribution is 2.24. The number of alkyl halides is 1. The first-order chi connectivity index (χ1) is 11.1. The van der Waals surface area contributed by atoms with Crippen molar-refractivity contribution in [3.8, 4) is 0 Å². The molecule has 0 aromatic heterocycles. The molecular formula is C15H22ClNO6. The van der Waals surface area contributed by atoms with Crippen LogP contribution in [-0.2, 0) is 16.2 Å². The molecule has 23 heavy (non-hydrogen) atoms. The summed E-state index contributed by atoms with van der Waals surface area (Å²) < 4.78 is 5.47. The molecule has 0 saturated carbocycles.